The number of anilines is 1. The molecule has 0 atom stereocenters. The van der Waals surface area contributed by atoms with Crippen molar-refractivity contribution in [3.63, 3.8) is 0 Å². The molecule has 0 spiro atoms. The maximum atomic E-state index is 12.0. The second-order valence-corrected chi connectivity index (χ2v) is 7.84. The van der Waals surface area contributed by atoms with Crippen LogP contribution in [-0.2, 0) is 4.74 Å². The quantitative estimate of drug-likeness (QED) is 0.483. The molecule has 0 saturated heterocycles. The zero-order chi connectivity index (χ0) is 20.1. The third-order valence-electron chi connectivity index (χ3n) is 4.39. The second kappa shape index (κ2) is 8.99. The van der Waals surface area contributed by atoms with Gasteiger partial charge in [0.05, 0.1) is 23.3 Å². The third kappa shape index (κ3) is 5.50. The summed E-state index contributed by atoms with van der Waals surface area (Å²) < 4.78 is 5.50. The number of hydrogen-bond donors (Lipinski definition) is 2. The minimum atomic E-state index is -0.290. The molecule has 8 heteroatoms. The number of rotatable bonds is 6. The summed E-state index contributed by atoms with van der Waals surface area (Å²) in [4.78, 5) is 25.7. The van der Waals surface area contributed by atoms with Gasteiger partial charge in [-0.05, 0) is 49.8 Å². The maximum absolute atomic E-state index is 12.0. The molecule has 2 heterocycles. The lowest BCUT2D eigenvalue weighted by Gasteiger charge is -2.05. The number of carbonyl (C=O) groups excluding carboxylic acids is 1. The van der Waals surface area contributed by atoms with E-state index in [0.29, 0.717) is 18.3 Å². The number of amides is 2. The molecule has 29 heavy (non-hydrogen) atoms. The monoisotopic (exact) mass is 407 g/mol. The van der Waals surface area contributed by atoms with E-state index in [4.69, 9.17) is 4.74 Å². The molecule has 3 aromatic rings. The largest absolute Gasteiger partial charge is 0.379 e. The number of aryl methyl sites for hydroxylation is 1. The van der Waals surface area contributed by atoms with Gasteiger partial charge in [0.25, 0.3) is 0 Å². The fourth-order valence-electron chi connectivity index (χ4n) is 2.65. The summed E-state index contributed by atoms with van der Waals surface area (Å²) in [5.41, 5.74) is 3.28. The molecule has 148 valence electrons. The van der Waals surface area contributed by atoms with E-state index in [1.807, 2.05) is 25.1 Å². The van der Waals surface area contributed by atoms with Crippen molar-refractivity contribution in [1.82, 2.24) is 20.3 Å². The average molecular weight is 407 g/mol. The summed E-state index contributed by atoms with van der Waals surface area (Å²) in [7, 11) is 0. The Kier molecular flexibility index (Phi) is 5.98. The minimum Gasteiger partial charge on any atom is -0.379 e. The van der Waals surface area contributed by atoms with Crippen molar-refractivity contribution in [1.29, 1.82) is 0 Å². The summed E-state index contributed by atoms with van der Waals surface area (Å²) in [6, 6.07) is 5.43. The van der Waals surface area contributed by atoms with E-state index in [0.717, 1.165) is 39.7 Å². The first-order chi connectivity index (χ1) is 14.2. The van der Waals surface area contributed by atoms with E-state index in [1.165, 1.54) is 24.2 Å². The molecule has 0 aliphatic heterocycles. The molecular formula is C21H21N5O2S. The van der Waals surface area contributed by atoms with Crippen molar-refractivity contribution in [2.75, 3.05) is 25.1 Å². The van der Waals surface area contributed by atoms with Crippen LogP contribution in [0.25, 0.3) is 11.0 Å². The number of nitrogens with zero attached hydrogens (tertiary/aromatic N) is 3. The highest BCUT2D eigenvalue weighted by molar-refractivity contribution is 7.16. The Morgan fingerprint density at radius 3 is 2.90 bits per heavy atom. The van der Waals surface area contributed by atoms with Crippen LogP contribution in [0.5, 0.6) is 0 Å². The highest BCUT2D eigenvalue weighted by Crippen LogP contribution is 2.28. The van der Waals surface area contributed by atoms with Gasteiger partial charge in [0.1, 0.15) is 4.88 Å². The average Bonchev–Trinajstić information content (AvgIpc) is 3.48. The SMILES string of the molecule is Cc1nc(NC(=O)NCCOCC2CC2)sc1C#Cc1ccc2nccnc2c1. The number of carbonyl (C=O) groups is 1. The van der Waals surface area contributed by atoms with Crippen LogP contribution in [0.2, 0.25) is 0 Å². The van der Waals surface area contributed by atoms with Crippen LogP contribution >= 0.6 is 11.3 Å². The molecule has 1 aliphatic rings. The third-order valence-corrected chi connectivity index (χ3v) is 5.38. The number of nitrogens with one attached hydrogen (secondary N) is 2. The molecular weight excluding hydrogens is 386 g/mol. The number of hydrogen-bond acceptors (Lipinski definition) is 6. The van der Waals surface area contributed by atoms with Crippen molar-refractivity contribution in [3.8, 4) is 11.8 Å². The van der Waals surface area contributed by atoms with E-state index in [9.17, 15) is 4.79 Å². The zero-order valence-electron chi connectivity index (χ0n) is 16.1. The van der Waals surface area contributed by atoms with Gasteiger partial charge in [-0.25, -0.2) is 9.78 Å². The van der Waals surface area contributed by atoms with E-state index < -0.39 is 0 Å². The molecule has 1 fully saturated rings. The first kappa shape index (κ1) is 19.3. The Hall–Kier alpha value is -3.02. The Morgan fingerprint density at radius 1 is 1.24 bits per heavy atom. The Labute approximate surface area is 172 Å². The van der Waals surface area contributed by atoms with Crippen molar-refractivity contribution in [3.05, 3.63) is 46.7 Å². The van der Waals surface area contributed by atoms with Gasteiger partial charge in [0, 0.05) is 31.1 Å². The molecule has 1 saturated carbocycles. The van der Waals surface area contributed by atoms with Crippen molar-refractivity contribution in [2.45, 2.75) is 19.8 Å². The normalized spacial score (nSPS) is 13.0. The Balaban J connectivity index is 1.32. The van der Waals surface area contributed by atoms with E-state index in [1.54, 1.807) is 12.4 Å². The maximum Gasteiger partial charge on any atom is 0.321 e. The molecule has 4 rings (SSSR count). The molecule has 1 aliphatic carbocycles. The standard InChI is InChI=1S/C21H21N5O2S/c1-14-19(7-5-15-4-6-17-18(12-15)23-9-8-22-17)29-21(25-14)26-20(27)24-10-11-28-13-16-2-3-16/h4,6,8-9,12,16H,2-3,10-11,13H2,1H3,(H2,24,25,26,27). The molecule has 7 nitrogen and oxygen atoms in total. The number of aromatic nitrogens is 3. The number of ether oxygens (including phenoxy) is 1. The number of urea groups is 1. The predicted octanol–water partition coefficient (Wildman–Crippen LogP) is 3.34. The summed E-state index contributed by atoms with van der Waals surface area (Å²) >= 11 is 1.35. The molecule has 2 N–H and O–H groups in total. The van der Waals surface area contributed by atoms with E-state index >= 15 is 0 Å². The topological polar surface area (TPSA) is 89.0 Å². The van der Waals surface area contributed by atoms with Crippen molar-refractivity contribution >= 4 is 33.5 Å². The number of fused-ring (bicyclic) bond motifs is 1. The van der Waals surface area contributed by atoms with Gasteiger partial charge in [0.2, 0.25) is 0 Å². The lowest BCUT2D eigenvalue weighted by Crippen LogP contribution is -2.31. The van der Waals surface area contributed by atoms with Crippen LogP contribution in [0, 0.1) is 24.7 Å². The highest BCUT2D eigenvalue weighted by atomic mass is 32.1. The Bertz CT molecular complexity index is 1080. The van der Waals surface area contributed by atoms with Gasteiger partial charge in [-0.1, -0.05) is 17.3 Å². The van der Waals surface area contributed by atoms with Gasteiger partial charge in [-0.2, -0.15) is 0 Å². The fraction of sp³-hybridized carbons (Fsp3) is 0.333. The molecule has 0 unspecified atom stereocenters. The fourth-order valence-corrected chi connectivity index (χ4v) is 3.46. The molecule has 2 amide bonds. The van der Waals surface area contributed by atoms with E-state index in [-0.39, 0.29) is 6.03 Å². The van der Waals surface area contributed by atoms with Crippen molar-refractivity contribution in [2.24, 2.45) is 5.92 Å². The van der Waals surface area contributed by atoms with Gasteiger partial charge >= 0.3 is 6.03 Å². The first-order valence-corrected chi connectivity index (χ1v) is 10.3. The smallest absolute Gasteiger partial charge is 0.321 e. The second-order valence-electron chi connectivity index (χ2n) is 6.84. The van der Waals surface area contributed by atoms with Crippen LogP contribution in [0.4, 0.5) is 9.93 Å². The number of benzene rings is 1. The highest BCUT2D eigenvalue weighted by Gasteiger charge is 2.20. The van der Waals surface area contributed by atoms with Gasteiger partial charge in [-0.3, -0.25) is 15.3 Å². The predicted molar refractivity (Wildman–Crippen MR) is 113 cm³/mol. The summed E-state index contributed by atoms with van der Waals surface area (Å²) in [5.74, 6) is 6.99. The zero-order valence-corrected chi connectivity index (χ0v) is 16.9. The number of thiazole rings is 1. The molecule has 1 aromatic carbocycles. The van der Waals surface area contributed by atoms with Gasteiger partial charge < -0.3 is 10.1 Å². The van der Waals surface area contributed by atoms with Crippen LogP contribution in [-0.4, -0.2) is 40.7 Å². The van der Waals surface area contributed by atoms with Crippen LogP contribution in [0.3, 0.4) is 0 Å². The summed E-state index contributed by atoms with van der Waals surface area (Å²) in [6.07, 6.45) is 5.85. The minimum absolute atomic E-state index is 0.290. The van der Waals surface area contributed by atoms with Crippen LogP contribution in [0.15, 0.2) is 30.6 Å². The van der Waals surface area contributed by atoms with Crippen LogP contribution in [0.1, 0.15) is 29.0 Å². The molecule has 0 bridgehead atoms. The first-order valence-electron chi connectivity index (χ1n) is 9.50. The lowest BCUT2D eigenvalue weighted by atomic mass is 10.2. The van der Waals surface area contributed by atoms with Gasteiger partial charge in [-0.15, -0.1) is 0 Å². The Morgan fingerprint density at radius 2 is 2.07 bits per heavy atom. The van der Waals surface area contributed by atoms with E-state index in [2.05, 4.69) is 37.4 Å². The summed E-state index contributed by atoms with van der Waals surface area (Å²) in [5, 5.41) is 6.05. The van der Waals surface area contributed by atoms with Crippen molar-refractivity contribution < 1.29 is 9.53 Å². The molecule has 2 aromatic heterocycles. The lowest BCUT2D eigenvalue weighted by molar-refractivity contribution is 0.127. The molecule has 0 radical (unpaired) electrons. The van der Waals surface area contributed by atoms with Gasteiger partial charge in [0.15, 0.2) is 5.13 Å². The van der Waals surface area contributed by atoms with Crippen LogP contribution < -0.4 is 10.6 Å². The summed E-state index contributed by atoms with van der Waals surface area (Å²) in [6.45, 7) is 3.66.